The Labute approximate surface area is 171 Å². The van der Waals surface area contributed by atoms with Gasteiger partial charge in [-0.15, -0.1) is 0 Å². The highest BCUT2D eigenvalue weighted by atomic mass is 35.5. The van der Waals surface area contributed by atoms with E-state index in [-0.39, 0.29) is 11.5 Å². The zero-order chi connectivity index (χ0) is 20.3. The molecule has 1 heterocycles. The molecule has 28 heavy (non-hydrogen) atoms. The molecule has 0 saturated heterocycles. The summed E-state index contributed by atoms with van der Waals surface area (Å²) in [4.78, 5) is 23.1. The van der Waals surface area contributed by atoms with Crippen molar-refractivity contribution in [1.82, 2.24) is 0 Å². The second-order valence-electron chi connectivity index (χ2n) is 5.96. The van der Waals surface area contributed by atoms with Gasteiger partial charge in [0.25, 0.3) is 0 Å². The van der Waals surface area contributed by atoms with E-state index in [1.807, 2.05) is 0 Å². The molecule has 0 saturated carbocycles. The van der Waals surface area contributed by atoms with Gasteiger partial charge in [0.15, 0.2) is 0 Å². The standard InChI is InChI=1S/C21H15Cl2NO4/c1-12-11-13(21(26)27)5-8-17(12)24-19(25)10-7-14-6-9-18(28-14)15-3-2-4-16(22)20(15)23/h2-11H,1H3,(H,24,25)(H,26,27)/b10-7+. The number of benzene rings is 2. The van der Waals surface area contributed by atoms with Crippen molar-refractivity contribution in [2.75, 3.05) is 5.32 Å². The van der Waals surface area contributed by atoms with Gasteiger partial charge in [0.1, 0.15) is 11.5 Å². The maximum atomic E-state index is 12.1. The van der Waals surface area contributed by atoms with E-state index in [9.17, 15) is 9.59 Å². The van der Waals surface area contributed by atoms with Crippen LogP contribution in [0.15, 0.2) is 59.0 Å². The Kier molecular flexibility index (Phi) is 5.87. The van der Waals surface area contributed by atoms with Crippen molar-refractivity contribution in [1.29, 1.82) is 0 Å². The number of nitrogens with one attached hydrogen (secondary N) is 1. The van der Waals surface area contributed by atoms with Crippen LogP contribution < -0.4 is 5.32 Å². The molecule has 0 radical (unpaired) electrons. The number of aryl methyl sites for hydroxylation is 1. The van der Waals surface area contributed by atoms with E-state index < -0.39 is 5.97 Å². The topological polar surface area (TPSA) is 79.5 Å². The molecular weight excluding hydrogens is 401 g/mol. The third-order valence-electron chi connectivity index (χ3n) is 3.97. The minimum atomic E-state index is -1.02. The SMILES string of the molecule is Cc1cc(C(=O)O)ccc1NC(=O)/C=C/c1ccc(-c2cccc(Cl)c2Cl)o1. The molecule has 142 valence electrons. The number of carboxylic acid groups (broad SMARTS) is 1. The van der Waals surface area contributed by atoms with E-state index in [0.717, 1.165) is 0 Å². The Morgan fingerprint density at radius 3 is 2.61 bits per heavy atom. The normalized spacial score (nSPS) is 11.0. The Bertz CT molecular complexity index is 1090. The van der Waals surface area contributed by atoms with E-state index >= 15 is 0 Å². The number of hydrogen-bond acceptors (Lipinski definition) is 3. The summed E-state index contributed by atoms with van der Waals surface area (Å²) in [5, 5.41) is 12.5. The number of carbonyl (C=O) groups is 2. The molecule has 3 rings (SSSR count). The van der Waals surface area contributed by atoms with Crippen molar-refractivity contribution in [3.05, 3.63) is 81.5 Å². The molecule has 1 amide bonds. The van der Waals surface area contributed by atoms with Crippen molar-refractivity contribution in [3.63, 3.8) is 0 Å². The molecule has 5 nitrogen and oxygen atoms in total. The third kappa shape index (κ3) is 4.44. The molecule has 0 unspecified atom stereocenters. The average Bonchev–Trinajstić information content (AvgIpc) is 3.12. The third-order valence-corrected chi connectivity index (χ3v) is 4.79. The quantitative estimate of drug-likeness (QED) is 0.507. The van der Waals surface area contributed by atoms with Gasteiger partial charge < -0.3 is 14.8 Å². The fourth-order valence-electron chi connectivity index (χ4n) is 2.55. The molecule has 0 aliphatic rings. The highest BCUT2D eigenvalue weighted by molar-refractivity contribution is 6.43. The minimum Gasteiger partial charge on any atom is -0.478 e. The van der Waals surface area contributed by atoms with Crippen molar-refractivity contribution in [2.24, 2.45) is 0 Å². The van der Waals surface area contributed by atoms with Gasteiger partial charge in [-0.3, -0.25) is 4.79 Å². The van der Waals surface area contributed by atoms with Crippen molar-refractivity contribution >= 4 is 46.8 Å². The first-order valence-electron chi connectivity index (χ1n) is 8.22. The highest BCUT2D eigenvalue weighted by Gasteiger charge is 2.11. The summed E-state index contributed by atoms with van der Waals surface area (Å²) in [5.74, 6) is -0.383. The molecule has 0 aliphatic heterocycles. The van der Waals surface area contributed by atoms with Gasteiger partial charge in [-0.2, -0.15) is 0 Å². The average molecular weight is 416 g/mol. The maximum Gasteiger partial charge on any atom is 0.335 e. The number of hydrogen-bond donors (Lipinski definition) is 2. The van der Waals surface area contributed by atoms with E-state index in [2.05, 4.69) is 5.32 Å². The van der Waals surface area contributed by atoms with Crippen LogP contribution in [0.1, 0.15) is 21.7 Å². The summed E-state index contributed by atoms with van der Waals surface area (Å²) in [6.07, 6.45) is 2.85. The number of aromatic carboxylic acids is 1. The number of furan rings is 1. The minimum absolute atomic E-state index is 0.161. The van der Waals surface area contributed by atoms with E-state index in [1.54, 1.807) is 43.3 Å². The number of carbonyl (C=O) groups excluding carboxylic acids is 1. The van der Waals surface area contributed by atoms with Crippen LogP contribution in [0.25, 0.3) is 17.4 Å². The lowest BCUT2D eigenvalue weighted by Gasteiger charge is -2.07. The predicted octanol–water partition coefficient (Wildman–Crippen LogP) is 5.91. The number of halogens is 2. The van der Waals surface area contributed by atoms with Gasteiger partial charge in [0, 0.05) is 17.3 Å². The van der Waals surface area contributed by atoms with Crippen LogP contribution in [0.4, 0.5) is 5.69 Å². The molecule has 7 heteroatoms. The fraction of sp³-hybridized carbons (Fsp3) is 0.0476. The van der Waals surface area contributed by atoms with Gasteiger partial charge >= 0.3 is 5.97 Å². The van der Waals surface area contributed by atoms with E-state index in [1.165, 1.54) is 24.3 Å². The monoisotopic (exact) mass is 415 g/mol. The molecule has 2 N–H and O–H groups in total. The Balaban J connectivity index is 1.71. The molecule has 0 bridgehead atoms. The van der Waals surface area contributed by atoms with Crippen LogP contribution >= 0.6 is 23.2 Å². The van der Waals surface area contributed by atoms with Gasteiger partial charge in [-0.05, 0) is 61.0 Å². The maximum absolute atomic E-state index is 12.1. The molecule has 0 atom stereocenters. The largest absolute Gasteiger partial charge is 0.478 e. The summed E-state index contributed by atoms with van der Waals surface area (Å²) in [7, 11) is 0. The zero-order valence-electron chi connectivity index (χ0n) is 14.7. The smallest absolute Gasteiger partial charge is 0.335 e. The van der Waals surface area contributed by atoms with E-state index in [0.29, 0.717) is 38.4 Å². The van der Waals surface area contributed by atoms with Crippen LogP contribution in [0, 0.1) is 6.92 Å². The molecule has 3 aromatic rings. The summed E-state index contributed by atoms with van der Waals surface area (Å²) < 4.78 is 5.70. The first-order chi connectivity index (χ1) is 13.3. The number of anilines is 1. The summed E-state index contributed by atoms with van der Waals surface area (Å²) in [6, 6.07) is 13.2. The zero-order valence-corrected chi connectivity index (χ0v) is 16.2. The molecule has 1 aromatic heterocycles. The van der Waals surface area contributed by atoms with Crippen LogP contribution in [-0.2, 0) is 4.79 Å². The lowest BCUT2D eigenvalue weighted by molar-refractivity contribution is -0.111. The first-order valence-corrected chi connectivity index (χ1v) is 8.98. The van der Waals surface area contributed by atoms with Crippen LogP contribution in [0.5, 0.6) is 0 Å². The predicted molar refractivity (Wildman–Crippen MR) is 110 cm³/mol. The first kappa shape index (κ1) is 19.7. The Hall–Kier alpha value is -3.02. The number of carboxylic acids is 1. The van der Waals surface area contributed by atoms with Gasteiger partial charge in [-0.25, -0.2) is 4.79 Å². The second-order valence-corrected chi connectivity index (χ2v) is 6.75. The number of amides is 1. The Morgan fingerprint density at radius 2 is 1.89 bits per heavy atom. The summed E-state index contributed by atoms with van der Waals surface area (Å²) >= 11 is 12.2. The lowest BCUT2D eigenvalue weighted by Crippen LogP contribution is -2.09. The molecule has 0 aliphatic carbocycles. The van der Waals surface area contributed by atoms with Crippen molar-refractivity contribution in [3.8, 4) is 11.3 Å². The second kappa shape index (κ2) is 8.33. The van der Waals surface area contributed by atoms with E-state index in [4.69, 9.17) is 32.7 Å². The van der Waals surface area contributed by atoms with Crippen molar-refractivity contribution in [2.45, 2.75) is 6.92 Å². The molecule has 0 spiro atoms. The lowest BCUT2D eigenvalue weighted by atomic mass is 10.1. The number of rotatable bonds is 5. The van der Waals surface area contributed by atoms with Gasteiger partial charge in [0.2, 0.25) is 5.91 Å². The molecule has 2 aromatic carbocycles. The molecule has 0 fully saturated rings. The van der Waals surface area contributed by atoms with Gasteiger partial charge in [-0.1, -0.05) is 29.3 Å². The van der Waals surface area contributed by atoms with Crippen LogP contribution in [-0.4, -0.2) is 17.0 Å². The van der Waals surface area contributed by atoms with Crippen molar-refractivity contribution < 1.29 is 19.1 Å². The highest BCUT2D eigenvalue weighted by Crippen LogP contribution is 2.34. The summed E-state index contributed by atoms with van der Waals surface area (Å²) in [6.45, 7) is 1.72. The Morgan fingerprint density at radius 1 is 1.11 bits per heavy atom. The fourth-order valence-corrected chi connectivity index (χ4v) is 2.94. The van der Waals surface area contributed by atoms with Gasteiger partial charge in [0.05, 0.1) is 15.6 Å². The summed E-state index contributed by atoms with van der Waals surface area (Å²) in [5.41, 5.74) is 2.00. The van der Waals surface area contributed by atoms with Crippen LogP contribution in [0.3, 0.4) is 0 Å². The molecular formula is C21H15Cl2NO4. The van der Waals surface area contributed by atoms with Crippen LogP contribution in [0.2, 0.25) is 10.0 Å².